The SMILES string of the molecule is c1csc(-c2noc(CN3CCC[C@@H]3c3nc4ccccc4s3)n2)c1. The number of thiophene rings is 1. The van der Waals surface area contributed by atoms with Gasteiger partial charge in [0.05, 0.1) is 27.7 Å². The molecule has 1 atom stereocenters. The standard InChI is InChI=1S/C18H16N4OS2/c1-2-7-14-12(5-1)19-18(25-14)13-6-3-9-22(13)11-16-20-17(21-23-16)15-8-4-10-24-15/h1-2,4-5,7-8,10,13H,3,6,9,11H2/t13-/m1/s1. The van der Waals surface area contributed by atoms with E-state index in [2.05, 4.69) is 33.2 Å². The fourth-order valence-corrected chi connectivity index (χ4v) is 5.11. The zero-order valence-corrected chi connectivity index (χ0v) is 15.1. The minimum Gasteiger partial charge on any atom is -0.338 e. The highest BCUT2D eigenvalue weighted by Crippen LogP contribution is 2.37. The van der Waals surface area contributed by atoms with Crippen LogP contribution in [0.1, 0.15) is 29.8 Å². The van der Waals surface area contributed by atoms with E-state index in [1.807, 2.05) is 23.6 Å². The molecule has 0 aliphatic carbocycles. The Hall–Kier alpha value is -2.09. The van der Waals surface area contributed by atoms with Gasteiger partial charge in [-0.1, -0.05) is 23.4 Å². The quantitative estimate of drug-likeness (QED) is 0.520. The van der Waals surface area contributed by atoms with Crippen molar-refractivity contribution >= 4 is 32.9 Å². The highest BCUT2D eigenvalue weighted by molar-refractivity contribution is 7.18. The smallest absolute Gasteiger partial charge is 0.241 e. The van der Waals surface area contributed by atoms with Gasteiger partial charge in [-0.3, -0.25) is 4.90 Å². The summed E-state index contributed by atoms with van der Waals surface area (Å²) in [6.07, 6.45) is 2.30. The summed E-state index contributed by atoms with van der Waals surface area (Å²) in [5.74, 6) is 1.36. The van der Waals surface area contributed by atoms with E-state index in [0.717, 1.165) is 23.4 Å². The van der Waals surface area contributed by atoms with Crippen molar-refractivity contribution in [1.29, 1.82) is 0 Å². The summed E-state index contributed by atoms with van der Waals surface area (Å²) in [7, 11) is 0. The minimum absolute atomic E-state index is 0.342. The largest absolute Gasteiger partial charge is 0.338 e. The Morgan fingerprint density at radius 3 is 3.00 bits per heavy atom. The highest BCUT2D eigenvalue weighted by atomic mass is 32.1. The summed E-state index contributed by atoms with van der Waals surface area (Å²) < 4.78 is 6.73. The third-order valence-electron chi connectivity index (χ3n) is 4.51. The number of hydrogen-bond acceptors (Lipinski definition) is 7. The molecule has 5 rings (SSSR count). The molecule has 4 aromatic rings. The molecule has 1 aliphatic rings. The average molecular weight is 368 g/mol. The van der Waals surface area contributed by atoms with Gasteiger partial charge in [0.25, 0.3) is 0 Å². The molecule has 25 heavy (non-hydrogen) atoms. The third-order valence-corrected chi connectivity index (χ3v) is 6.51. The van der Waals surface area contributed by atoms with Gasteiger partial charge in [-0.05, 0) is 43.0 Å². The zero-order chi connectivity index (χ0) is 16.6. The van der Waals surface area contributed by atoms with Crippen molar-refractivity contribution in [1.82, 2.24) is 20.0 Å². The molecule has 1 saturated heterocycles. The fraction of sp³-hybridized carbons (Fsp3) is 0.278. The van der Waals surface area contributed by atoms with E-state index in [9.17, 15) is 0 Å². The number of para-hydroxylation sites is 1. The molecule has 0 saturated carbocycles. The summed E-state index contributed by atoms with van der Waals surface area (Å²) in [4.78, 5) is 12.9. The summed E-state index contributed by atoms with van der Waals surface area (Å²) in [6, 6.07) is 12.7. The number of aromatic nitrogens is 3. The Bertz CT molecular complexity index is 959. The maximum absolute atomic E-state index is 5.48. The maximum atomic E-state index is 5.48. The van der Waals surface area contributed by atoms with Crippen LogP contribution in [-0.4, -0.2) is 26.6 Å². The summed E-state index contributed by atoms with van der Waals surface area (Å²) in [5, 5.41) is 7.33. The predicted molar refractivity (Wildman–Crippen MR) is 99.6 cm³/mol. The molecular formula is C18H16N4OS2. The van der Waals surface area contributed by atoms with E-state index in [-0.39, 0.29) is 0 Å². The lowest BCUT2D eigenvalue weighted by Crippen LogP contribution is -2.22. The van der Waals surface area contributed by atoms with Crippen LogP contribution in [0, 0.1) is 0 Å². The van der Waals surface area contributed by atoms with Crippen molar-refractivity contribution in [2.24, 2.45) is 0 Å². The Balaban J connectivity index is 1.38. The summed E-state index contributed by atoms with van der Waals surface area (Å²) in [5.41, 5.74) is 1.09. The lowest BCUT2D eigenvalue weighted by molar-refractivity contribution is 0.212. The van der Waals surface area contributed by atoms with E-state index in [1.54, 1.807) is 22.7 Å². The van der Waals surface area contributed by atoms with E-state index < -0.39 is 0 Å². The van der Waals surface area contributed by atoms with E-state index in [0.29, 0.717) is 24.3 Å². The molecule has 5 nitrogen and oxygen atoms in total. The van der Waals surface area contributed by atoms with Crippen LogP contribution in [0.15, 0.2) is 46.3 Å². The van der Waals surface area contributed by atoms with Gasteiger partial charge in [0.2, 0.25) is 11.7 Å². The van der Waals surface area contributed by atoms with E-state index in [1.165, 1.54) is 16.1 Å². The number of benzene rings is 1. The van der Waals surface area contributed by atoms with Crippen LogP contribution < -0.4 is 0 Å². The van der Waals surface area contributed by atoms with Gasteiger partial charge in [0.15, 0.2) is 0 Å². The number of hydrogen-bond donors (Lipinski definition) is 0. The molecular weight excluding hydrogens is 352 g/mol. The van der Waals surface area contributed by atoms with E-state index in [4.69, 9.17) is 9.51 Å². The van der Waals surface area contributed by atoms with Crippen LogP contribution in [0.25, 0.3) is 20.9 Å². The molecule has 1 aromatic carbocycles. The van der Waals surface area contributed by atoms with Crippen molar-refractivity contribution in [3.05, 3.63) is 52.7 Å². The first-order chi connectivity index (χ1) is 12.4. The van der Waals surface area contributed by atoms with Crippen molar-refractivity contribution in [2.75, 3.05) is 6.54 Å². The number of nitrogens with zero attached hydrogens (tertiary/aromatic N) is 4. The van der Waals surface area contributed by atoms with Crippen LogP contribution in [-0.2, 0) is 6.54 Å². The number of thiazole rings is 1. The van der Waals surface area contributed by atoms with Gasteiger partial charge in [-0.2, -0.15) is 4.98 Å². The lowest BCUT2D eigenvalue weighted by atomic mass is 10.2. The molecule has 0 radical (unpaired) electrons. The first kappa shape index (κ1) is 15.2. The highest BCUT2D eigenvalue weighted by Gasteiger charge is 2.30. The van der Waals surface area contributed by atoms with Crippen molar-refractivity contribution in [2.45, 2.75) is 25.4 Å². The molecule has 1 aliphatic heterocycles. The van der Waals surface area contributed by atoms with Gasteiger partial charge in [-0.15, -0.1) is 22.7 Å². The molecule has 0 spiro atoms. The van der Waals surface area contributed by atoms with Crippen molar-refractivity contribution < 1.29 is 4.52 Å². The van der Waals surface area contributed by atoms with Crippen LogP contribution in [0.2, 0.25) is 0 Å². The van der Waals surface area contributed by atoms with Crippen LogP contribution >= 0.6 is 22.7 Å². The van der Waals surface area contributed by atoms with Gasteiger partial charge >= 0.3 is 0 Å². The molecule has 0 amide bonds. The Morgan fingerprint density at radius 1 is 1.16 bits per heavy atom. The van der Waals surface area contributed by atoms with Gasteiger partial charge < -0.3 is 4.52 Å². The molecule has 0 bridgehead atoms. The molecule has 0 unspecified atom stereocenters. The third kappa shape index (κ3) is 2.88. The Morgan fingerprint density at radius 2 is 2.12 bits per heavy atom. The van der Waals surface area contributed by atoms with Gasteiger partial charge in [0, 0.05) is 0 Å². The van der Waals surface area contributed by atoms with Crippen LogP contribution in [0.3, 0.4) is 0 Å². The van der Waals surface area contributed by atoms with Crippen LogP contribution in [0.5, 0.6) is 0 Å². The second-order valence-corrected chi connectivity index (χ2v) is 8.15. The van der Waals surface area contributed by atoms with Gasteiger partial charge in [-0.25, -0.2) is 4.98 Å². The summed E-state index contributed by atoms with van der Waals surface area (Å²) >= 11 is 3.42. The zero-order valence-electron chi connectivity index (χ0n) is 13.5. The Kier molecular flexibility index (Phi) is 3.84. The summed E-state index contributed by atoms with van der Waals surface area (Å²) in [6.45, 7) is 1.72. The molecule has 0 N–H and O–H groups in total. The number of fused-ring (bicyclic) bond motifs is 1. The second-order valence-electron chi connectivity index (χ2n) is 6.14. The van der Waals surface area contributed by atoms with Crippen molar-refractivity contribution in [3.8, 4) is 10.7 Å². The molecule has 4 heterocycles. The molecule has 3 aromatic heterocycles. The monoisotopic (exact) mass is 368 g/mol. The molecule has 1 fully saturated rings. The van der Waals surface area contributed by atoms with Crippen LogP contribution in [0.4, 0.5) is 0 Å². The Labute approximate surface area is 152 Å². The minimum atomic E-state index is 0.342. The lowest BCUT2D eigenvalue weighted by Gasteiger charge is -2.20. The first-order valence-electron chi connectivity index (χ1n) is 8.33. The van der Waals surface area contributed by atoms with Gasteiger partial charge in [0.1, 0.15) is 5.01 Å². The molecule has 126 valence electrons. The number of rotatable bonds is 4. The fourth-order valence-electron chi connectivity index (χ4n) is 3.33. The van der Waals surface area contributed by atoms with Crippen molar-refractivity contribution in [3.63, 3.8) is 0 Å². The maximum Gasteiger partial charge on any atom is 0.241 e. The predicted octanol–water partition coefficient (Wildman–Crippen LogP) is 4.74. The molecule has 7 heteroatoms. The average Bonchev–Trinajstić information content (AvgIpc) is 3.41. The second kappa shape index (κ2) is 6.33. The first-order valence-corrected chi connectivity index (χ1v) is 10.0. The topological polar surface area (TPSA) is 55.1 Å². The van der Waals surface area contributed by atoms with E-state index >= 15 is 0 Å². The normalized spacial score (nSPS) is 18.3. The number of likely N-dealkylation sites (tertiary alicyclic amines) is 1.